The monoisotopic (exact) mass is 290 g/mol. The van der Waals surface area contributed by atoms with Gasteiger partial charge in [0, 0.05) is 11.4 Å². The molecule has 0 aromatic heterocycles. The Morgan fingerprint density at radius 1 is 1.35 bits per heavy atom. The van der Waals surface area contributed by atoms with Crippen LogP contribution >= 0.6 is 11.6 Å². The van der Waals surface area contributed by atoms with Crippen molar-refractivity contribution >= 4 is 11.6 Å². The summed E-state index contributed by atoms with van der Waals surface area (Å²) < 4.78 is 11.4. The zero-order chi connectivity index (χ0) is 14.2. The van der Waals surface area contributed by atoms with Crippen molar-refractivity contribution in [2.24, 2.45) is 0 Å². The van der Waals surface area contributed by atoms with Crippen LogP contribution in [0.5, 0.6) is 5.75 Å². The molecule has 1 fully saturated rings. The smallest absolute Gasteiger partial charge is 0.199 e. The van der Waals surface area contributed by atoms with Gasteiger partial charge >= 0.3 is 0 Å². The Balaban J connectivity index is 2.15. The van der Waals surface area contributed by atoms with Crippen LogP contribution in [-0.4, -0.2) is 24.6 Å². The van der Waals surface area contributed by atoms with E-state index >= 15 is 0 Å². The van der Waals surface area contributed by atoms with Gasteiger partial charge in [0.05, 0.1) is 12.2 Å². The molecule has 0 saturated carbocycles. The predicted molar refractivity (Wildman–Crippen MR) is 77.4 cm³/mol. The normalized spacial score (nSPS) is 17.4. The molecule has 104 valence electrons. The van der Waals surface area contributed by atoms with E-state index in [0.717, 1.165) is 25.9 Å². The fourth-order valence-electron chi connectivity index (χ4n) is 1.83. The molecule has 0 aliphatic carbocycles. The first-order chi connectivity index (χ1) is 9.79. The summed E-state index contributed by atoms with van der Waals surface area (Å²) in [6.07, 6.45) is 2.82. The van der Waals surface area contributed by atoms with Gasteiger partial charge in [-0.3, -0.25) is 0 Å². The van der Waals surface area contributed by atoms with Gasteiger partial charge in [-0.05, 0) is 48.8 Å². The van der Waals surface area contributed by atoms with E-state index in [4.69, 9.17) is 26.2 Å². The summed E-state index contributed by atoms with van der Waals surface area (Å²) in [5.41, 5.74) is 0.666. The summed E-state index contributed by atoms with van der Waals surface area (Å²) in [5, 5.41) is 9.16. The average molecular weight is 291 g/mol. The van der Waals surface area contributed by atoms with Gasteiger partial charge in [-0.1, -0.05) is 17.5 Å². The van der Waals surface area contributed by atoms with Crippen LogP contribution in [0.2, 0.25) is 5.02 Å². The van der Waals surface area contributed by atoms with E-state index < -0.39 is 0 Å². The standard InChI is InChI=1S/C16H15ClO3/c17-14-8-9-15(20-16-7-3-5-11-19-16)13(12-14)6-2-1-4-10-18/h8-9,12,16,18H,3,5,7,10-11H2. The Labute approximate surface area is 123 Å². The summed E-state index contributed by atoms with van der Waals surface area (Å²) in [4.78, 5) is 0. The second kappa shape index (κ2) is 7.82. The van der Waals surface area contributed by atoms with Crippen LogP contribution in [0.25, 0.3) is 0 Å². The molecule has 0 bridgehead atoms. The second-order valence-electron chi connectivity index (χ2n) is 4.26. The van der Waals surface area contributed by atoms with E-state index in [1.165, 1.54) is 0 Å². The lowest BCUT2D eigenvalue weighted by Gasteiger charge is -2.24. The Morgan fingerprint density at radius 3 is 3.00 bits per heavy atom. The predicted octanol–water partition coefficient (Wildman–Crippen LogP) is 2.59. The van der Waals surface area contributed by atoms with Gasteiger partial charge in [0.1, 0.15) is 12.4 Å². The number of benzene rings is 1. The van der Waals surface area contributed by atoms with Gasteiger partial charge in [-0.15, -0.1) is 0 Å². The Hall–Kier alpha value is -1.65. The molecule has 1 unspecified atom stereocenters. The zero-order valence-corrected chi connectivity index (χ0v) is 11.7. The first-order valence-electron chi connectivity index (χ1n) is 6.47. The number of hydrogen-bond donors (Lipinski definition) is 1. The van der Waals surface area contributed by atoms with Crippen molar-refractivity contribution in [3.63, 3.8) is 0 Å². The topological polar surface area (TPSA) is 38.7 Å². The van der Waals surface area contributed by atoms with Crippen molar-refractivity contribution in [1.82, 2.24) is 0 Å². The highest BCUT2D eigenvalue weighted by Crippen LogP contribution is 2.25. The minimum Gasteiger partial charge on any atom is -0.464 e. The van der Waals surface area contributed by atoms with Crippen LogP contribution in [0.4, 0.5) is 0 Å². The molecule has 1 saturated heterocycles. The lowest BCUT2D eigenvalue weighted by atomic mass is 10.2. The van der Waals surface area contributed by atoms with Crippen LogP contribution in [0.3, 0.4) is 0 Å². The van der Waals surface area contributed by atoms with Crippen molar-refractivity contribution in [3.8, 4) is 29.4 Å². The third kappa shape index (κ3) is 4.47. The van der Waals surface area contributed by atoms with Gasteiger partial charge in [0.15, 0.2) is 6.29 Å². The molecule has 1 heterocycles. The molecule has 0 radical (unpaired) electrons. The number of hydrogen-bond acceptors (Lipinski definition) is 3. The molecule has 1 aromatic carbocycles. The van der Waals surface area contributed by atoms with E-state index in [-0.39, 0.29) is 12.9 Å². The molecule has 1 aromatic rings. The van der Waals surface area contributed by atoms with Gasteiger partial charge in [0.25, 0.3) is 0 Å². The molecule has 1 N–H and O–H groups in total. The van der Waals surface area contributed by atoms with Crippen LogP contribution in [0.15, 0.2) is 18.2 Å². The lowest BCUT2D eigenvalue weighted by Crippen LogP contribution is -2.25. The lowest BCUT2D eigenvalue weighted by molar-refractivity contribution is -0.106. The number of rotatable bonds is 2. The highest BCUT2D eigenvalue weighted by molar-refractivity contribution is 6.30. The Morgan fingerprint density at radius 2 is 2.25 bits per heavy atom. The maximum atomic E-state index is 8.57. The summed E-state index contributed by atoms with van der Waals surface area (Å²) >= 11 is 5.97. The van der Waals surface area contributed by atoms with Crippen LogP contribution < -0.4 is 4.74 Å². The second-order valence-corrected chi connectivity index (χ2v) is 4.70. The van der Waals surface area contributed by atoms with Crippen molar-refractivity contribution < 1.29 is 14.6 Å². The fourth-order valence-corrected chi connectivity index (χ4v) is 2.00. The third-order valence-electron chi connectivity index (χ3n) is 2.77. The number of halogens is 1. The molecule has 1 aliphatic heterocycles. The average Bonchev–Trinajstić information content (AvgIpc) is 2.47. The largest absolute Gasteiger partial charge is 0.464 e. The summed E-state index contributed by atoms with van der Waals surface area (Å²) in [7, 11) is 0. The van der Waals surface area contributed by atoms with Gasteiger partial charge < -0.3 is 14.6 Å². The van der Waals surface area contributed by atoms with Crippen LogP contribution in [-0.2, 0) is 4.74 Å². The van der Waals surface area contributed by atoms with E-state index in [0.29, 0.717) is 16.3 Å². The quantitative estimate of drug-likeness (QED) is 0.851. The summed E-state index contributed by atoms with van der Waals surface area (Å²) in [5.74, 6) is 11.2. The van der Waals surface area contributed by atoms with Crippen molar-refractivity contribution in [1.29, 1.82) is 0 Å². The Kier molecular flexibility index (Phi) is 5.77. The maximum absolute atomic E-state index is 8.57. The van der Waals surface area contributed by atoms with Crippen molar-refractivity contribution in [2.75, 3.05) is 13.2 Å². The molecule has 1 aliphatic rings. The molecular formula is C16H15ClO3. The van der Waals surface area contributed by atoms with E-state index in [9.17, 15) is 0 Å². The highest BCUT2D eigenvalue weighted by atomic mass is 35.5. The number of aliphatic hydroxyl groups is 1. The summed E-state index contributed by atoms with van der Waals surface area (Å²) in [6, 6.07) is 5.27. The van der Waals surface area contributed by atoms with E-state index in [1.54, 1.807) is 18.2 Å². The first kappa shape index (κ1) is 14.8. The molecule has 3 nitrogen and oxygen atoms in total. The number of aliphatic hydroxyl groups excluding tert-OH is 1. The van der Waals surface area contributed by atoms with Crippen LogP contribution in [0, 0.1) is 23.7 Å². The minimum absolute atomic E-state index is 0.205. The van der Waals surface area contributed by atoms with Crippen molar-refractivity contribution in [3.05, 3.63) is 28.8 Å². The van der Waals surface area contributed by atoms with Crippen molar-refractivity contribution in [2.45, 2.75) is 25.6 Å². The zero-order valence-electron chi connectivity index (χ0n) is 11.0. The van der Waals surface area contributed by atoms with Gasteiger partial charge in [0.2, 0.25) is 0 Å². The van der Waals surface area contributed by atoms with Gasteiger partial charge in [-0.25, -0.2) is 0 Å². The summed E-state index contributed by atoms with van der Waals surface area (Å²) in [6.45, 7) is 0.519. The van der Waals surface area contributed by atoms with Gasteiger partial charge in [-0.2, -0.15) is 0 Å². The third-order valence-corrected chi connectivity index (χ3v) is 3.00. The minimum atomic E-state index is -0.228. The molecule has 0 amide bonds. The fraction of sp³-hybridized carbons (Fsp3) is 0.375. The maximum Gasteiger partial charge on any atom is 0.199 e. The molecule has 0 spiro atoms. The first-order valence-corrected chi connectivity index (χ1v) is 6.85. The Bertz CT molecular complexity index is 569. The number of ether oxygens (including phenoxy) is 2. The van der Waals surface area contributed by atoms with Crippen LogP contribution in [0.1, 0.15) is 24.8 Å². The van der Waals surface area contributed by atoms with E-state index in [2.05, 4.69) is 23.7 Å². The SMILES string of the molecule is OCC#CC#Cc1cc(Cl)ccc1OC1CCCCO1. The highest BCUT2D eigenvalue weighted by Gasteiger charge is 2.16. The molecular weight excluding hydrogens is 276 g/mol. The van der Waals surface area contributed by atoms with E-state index in [1.807, 2.05) is 0 Å². The molecule has 20 heavy (non-hydrogen) atoms. The molecule has 1 atom stereocenters. The molecule has 4 heteroatoms. The molecule has 2 rings (SSSR count).